The highest BCUT2D eigenvalue weighted by molar-refractivity contribution is 5.30. The summed E-state index contributed by atoms with van der Waals surface area (Å²) in [6.45, 7) is 5.06. The molecule has 0 radical (unpaired) electrons. The monoisotopic (exact) mass is 386 g/mol. The lowest BCUT2D eigenvalue weighted by Gasteiger charge is -2.35. The molecule has 1 atom stereocenters. The lowest BCUT2D eigenvalue weighted by molar-refractivity contribution is 0.189. The van der Waals surface area contributed by atoms with Crippen LogP contribution in [0.1, 0.15) is 90.0 Å². The summed E-state index contributed by atoms with van der Waals surface area (Å²) in [4.78, 5) is 0. The maximum Gasteiger partial charge on any atom is 0.165 e. The van der Waals surface area contributed by atoms with Crippen LogP contribution in [0.5, 0.6) is 5.75 Å². The van der Waals surface area contributed by atoms with Crippen molar-refractivity contribution in [1.82, 2.24) is 0 Å². The first kappa shape index (κ1) is 21.4. The van der Waals surface area contributed by atoms with E-state index in [1.165, 1.54) is 51.4 Å². The molecule has 0 bridgehead atoms. The summed E-state index contributed by atoms with van der Waals surface area (Å²) in [5.74, 6) is 3.06. The molecule has 1 saturated carbocycles. The number of aryl methyl sites for hydroxylation is 1. The normalized spacial score (nSPS) is 25.4. The Bertz CT molecular complexity index is 627. The van der Waals surface area contributed by atoms with Crippen molar-refractivity contribution in [2.24, 2.45) is 17.8 Å². The van der Waals surface area contributed by atoms with E-state index in [4.69, 9.17) is 4.74 Å². The van der Waals surface area contributed by atoms with Gasteiger partial charge in [-0.05, 0) is 86.8 Å². The Morgan fingerprint density at radius 1 is 1.00 bits per heavy atom. The van der Waals surface area contributed by atoms with Gasteiger partial charge in [-0.15, -0.1) is 0 Å². The van der Waals surface area contributed by atoms with E-state index in [1.807, 2.05) is 6.07 Å². The minimum Gasteiger partial charge on any atom is -0.491 e. The van der Waals surface area contributed by atoms with E-state index in [0.29, 0.717) is 12.4 Å². The Morgan fingerprint density at radius 2 is 1.82 bits per heavy atom. The minimum atomic E-state index is -0.214. The van der Waals surface area contributed by atoms with Gasteiger partial charge in [0.05, 0.1) is 6.61 Å². The molecular weight excluding hydrogens is 347 g/mol. The number of allylic oxidation sites excluding steroid dienone is 2. The average Bonchev–Trinajstić information content (AvgIpc) is 2.74. The van der Waals surface area contributed by atoms with Crippen molar-refractivity contribution in [2.75, 3.05) is 6.61 Å². The average molecular weight is 387 g/mol. The van der Waals surface area contributed by atoms with Crippen LogP contribution < -0.4 is 4.74 Å². The van der Waals surface area contributed by atoms with Gasteiger partial charge in [-0.1, -0.05) is 57.2 Å². The molecule has 2 heteroatoms. The lowest BCUT2D eigenvalue weighted by Crippen LogP contribution is -2.23. The molecule has 2 aliphatic rings. The van der Waals surface area contributed by atoms with E-state index in [0.717, 1.165) is 49.0 Å². The van der Waals surface area contributed by atoms with Gasteiger partial charge >= 0.3 is 0 Å². The molecule has 3 rings (SSSR count). The summed E-state index contributed by atoms with van der Waals surface area (Å²) in [6.07, 6.45) is 17.6. The van der Waals surface area contributed by atoms with Gasteiger partial charge in [0.15, 0.2) is 11.6 Å². The molecule has 156 valence electrons. The van der Waals surface area contributed by atoms with Crippen LogP contribution in [-0.2, 0) is 6.42 Å². The molecule has 0 heterocycles. The smallest absolute Gasteiger partial charge is 0.165 e. The molecule has 0 N–H and O–H groups in total. The number of ether oxygens (including phenoxy) is 1. The van der Waals surface area contributed by atoms with Gasteiger partial charge in [-0.25, -0.2) is 4.39 Å². The highest BCUT2D eigenvalue weighted by Gasteiger charge is 2.27. The van der Waals surface area contributed by atoms with Crippen molar-refractivity contribution in [2.45, 2.75) is 90.9 Å². The number of halogens is 1. The standard InChI is InChI=1S/C26H39FO/c1-3-5-18-28-26-17-12-22(19-25(26)27)7-6-21-10-15-24(16-11-21)23-13-8-20(4-2)9-14-23/h10,12,17,19-20,23-24H,3-9,11,13-16,18H2,1-2H3. The maximum absolute atomic E-state index is 14.2. The fourth-order valence-corrected chi connectivity index (χ4v) is 5.08. The van der Waals surface area contributed by atoms with Crippen molar-refractivity contribution in [3.63, 3.8) is 0 Å². The highest BCUT2D eigenvalue weighted by Crippen LogP contribution is 2.40. The number of rotatable bonds is 9. The molecule has 1 fully saturated rings. The van der Waals surface area contributed by atoms with Crippen LogP contribution in [0.2, 0.25) is 0 Å². The number of hydrogen-bond donors (Lipinski definition) is 0. The zero-order chi connectivity index (χ0) is 19.8. The SMILES string of the molecule is CCCCOc1ccc(CCC2=CCC(C3CCC(CC)CC3)CC2)cc1F. The topological polar surface area (TPSA) is 9.23 Å². The van der Waals surface area contributed by atoms with Gasteiger partial charge in [0.1, 0.15) is 0 Å². The molecule has 1 nitrogen and oxygen atoms in total. The van der Waals surface area contributed by atoms with E-state index in [2.05, 4.69) is 19.9 Å². The van der Waals surface area contributed by atoms with Crippen molar-refractivity contribution in [3.05, 3.63) is 41.2 Å². The molecule has 0 aromatic heterocycles. The van der Waals surface area contributed by atoms with Crippen LogP contribution in [0.3, 0.4) is 0 Å². The van der Waals surface area contributed by atoms with E-state index in [1.54, 1.807) is 17.7 Å². The molecule has 0 amide bonds. The van der Waals surface area contributed by atoms with Gasteiger partial charge in [-0.3, -0.25) is 0 Å². The van der Waals surface area contributed by atoms with Crippen molar-refractivity contribution in [1.29, 1.82) is 0 Å². The molecule has 1 aromatic carbocycles. The number of hydrogen-bond acceptors (Lipinski definition) is 1. The second-order valence-corrected chi connectivity index (χ2v) is 9.05. The second-order valence-electron chi connectivity index (χ2n) is 9.05. The van der Waals surface area contributed by atoms with Gasteiger partial charge in [0, 0.05) is 0 Å². The third-order valence-electron chi connectivity index (χ3n) is 7.17. The van der Waals surface area contributed by atoms with Crippen LogP contribution in [0.4, 0.5) is 4.39 Å². The third kappa shape index (κ3) is 6.09. The van der Waals surface area contributed by atoms with Gasteiger partial charge in [0.25, 0.3) is 0 Å². The Balaban J connectivity index is 1.43. The maximum atomic E-state index is 14.2. The molecular formula is C26H39FO. The van der Waals surface area contributed by atoms with E-state index < -0.39 is 0 Å². The molecule has 1 aromatic rings. The summed E-state index contributed by atoms with van der Waals surface area (Å²) >= 11 is 0. The highest BCUT2D eigenvalue weighted by atomic mass is 19.1. The van der Waals surface area contributed by atoms with Gasteiger partial charge < -0.3 is 4.74 Å². The van der Waals surface area contributed by atoms with Crippen LogP contribution in [0.15, 0.2) is 29.8 Å². The quantitative estimate of drug-likeness (QED) is 0.310. The summed E-state index contributed by atoms with van der Waals surface area (Å²) in [6, 6.07) is 5.50. The van der Waals surface area contributed by atoms with E-state index in [9.17, 15) is 4.39 Å². The number of benzene rings is 1. The minimum absolute atomic E-state index is 0.214. The predicted octanol–water partition coefficient (Wildman–Crippen LogP) is 7.88. The molecule has 2 aliphatic carbocycles. The first-order chi connectivity index (χ1) is 13.7. The molecule has 0 spiro atoms. The van der Waals surface area contributed by atoms with Gasteiger partial charge in [-0.2, -0.15) is 0 Å². The molecule has 28 heavy (non-hydrogen) atoms. The Kier molecular flexibility index (Phi) is 8.43. The fourth-order valence-electron chi connectivity index (χ4n) is 5.08. The third-order valence-corrected chi connectivity index (χ3v) is 7.17. The summed E-state index contributed by atoms with van der Waals surface area (Å²) in [5, 5.41) is 0. The summed E-state index contributed by atoms with van der Waals surface area (Å²) in [7, 11) is 0. The van der Waals surface area contributed by atoms with Crippen molar-refractivity contribution < 1.29 is 9.13 Å². The van der Waals surface area contributed by atoms with Crippen LogP contribution >= 0.6 is 0 Å². The number of unbranched alkanes of at least 4 members (excludes halogenated alkanes) is 1. The lowest BCUT2D eigenvalue weighted by atomic mass is 9.71. The van der Waals surface area contributed by atoms with E-state index in [-0.39, 0.29) is 5.82 Å². The zero-order valence-electron chi connectivity index (χ0n) is 18.0. The molecule has 0 saturated heterocycles. The molecule has 0 aliphatic heterocycles. The largest absolute Gasteiger partial charge is 0.491 e. The Labute approximate surface area is 171 Å². The van der Waals surface area contributed by atoms with Crippen LogP contribution in [0, 0.1) is 23.6 Å². The fraction of sp³-hybridized carbons (Fsp3) is 0.692. The van der Waals surface area contributed by atoms with Gasteiger partial charge in [0.2, 0.25) is 0 Å². The second kappa shape index (κ2) is 11.0. The Hall–Kier alpha value is -1.31. The Morgan fingerprint density at radius 3 is 2.46 bits per heavy atom. The van der Waals surface area contributed by atoms with Crippen LogP contribution in [0.25, 0.3) is 0 Å². The van der Waals surface area contributed by atoms with Crippen molar-refractivity contribution >= 4 is 0 Å². The van der Waals surface area contributed by atoms with Crippen molar-refractivity contribution in [3.8, 4) is 5.75 Å². The molecule has 1 unspecified atom stereocenters. The zero-order valence-corrected chi connectivity index (χ0v) is 18.0. The van der Waals surface area contributed by atoms with E-state index >= 15 is 0 Å². The summed E-state index contributed by atoms with van der Waals surface area (Å²) in [5.41, 5.74) is 2.67. The first-order valence-electron chi connectivity index (χ1n) is 11.8. The first-order valence-corrected chi connectivity index (χ1v) is 11.8. The van der Waals surface area contributed by atoms with Crippen LogP contribution in [-0.4, -0.2) is 6.61 Å². The predicted molar refractivity (Wildman–Crippen MR) is 116 cm³/mol. The summed E-state index contributed by atoms with van der Waals surface area (Å²) < 4.78 is 19.7.